The van der Waals surface area contributed by atoms with Crippen LogP contribution >= 0.6 is 0 Å². The number of methoxy groups -OCH3 is 1. The number of ether oxygens (including phenoxy) is 1. The van der Waals surface area contributed by atoms with Crippen molar-refractivity contribution < 1.29 is 13.9 Å². The van der Waals surface area contributed by atoms with E-state index in [1.165, 1.54) is 7.11 Å². The molecule has 0 aliphatic heterocycles. The lowest BCUT2D eigenvalue weighted by atomic mass is 10.2. The normalized spacial score (nSPS) is 12.4. The molecule has 0 radical (unpaired) electrons. The lowest BCUT2D eigenvalue weighted by Gasteiger charge is -2.08. The molecule has 0 fully saturated rings. The number of oxazole rings is 1. The minimum atomic E-state index is -0.214. The van der Waals surface area contributed by atoms with E-state index < -0.39 is 0 Å². The van der Waals surface area contributed by atoms with E-state index in [9.17, 15) is 4.79 Å². The Morgan fingerprint density at radius 2 is 2.44 bits per heavy atom. The van der Waals surface area contributed by atoms with Crippen LogP contribution in [0.2, 0.25) is 0 Å². The monoisotopic (exact) mass is 226 g/mol. The Bertz CT molecular complexity index is 336. The van der Waals surface area contributed by atoms with Crippen LogP contribution in [0.5, 0.6) is 0 Å². The molecule has 1 heterocycles. The first-order chi connectivity index (χ1) is 7.67. The number of carbonyl (C=O) groups is 1. The van der Waals surface area contributed by atoms with E-state index in [1.54, 1.807) is 6.20 Å². The van der Waals surface area contributed by atoms with Crippen LogP contribution in [0.25, 0.3) is 0 Å². The smallest absolute Gasteiger partial charge is 0.309 e. The Hall–Kier alpha value is -1.36. The fourth-order valence-corrected chi connectivity index (χ4v) is 1.27. The maximum Gasteiger partial charge on any atom is 0.309 e. The van der Waals surface area contributed by atoms with Crippen molar-refractivity contribution in [3.05, 3.63) is 17.8 Å². The highest BCUT2D eigenvalue weighted by Gasteiger charge is 2.12. The van der Waals surface area contributed by atoms with Crippen LogP contribution in [0.15, 0.2) is 10.6 Å². The molecule has 0 saturated heterocycles. The second-order valence-electron chi connectivity index (χ2n) is 3.63. The first-order valence-electron chi connectivity index (χ1n) is 5.39. The minimum absolute atomic E-state index is 0.161. The topological polar surface area (TPSA) is 64.4 Å². The van der Waals surface area contributed by atoms with Crippen molar-refractivity contribution in [2.45, 2.75) is 26.8 Å². The molecule has 0 bridgehead atoms. The van der Waals surface area contributed by atoms with Gasteiger partial charge in [-0.3, -0.25) is 4.79 Å². The quantitative estimate of drug-likeness (QED) is 0.737. The summed E-state index contributed by atoms with van der Waals surface area (Å²) < 4.78 is 10.0. The van der Waals surface area contributed by atoms with E-state index in [2.05, 4.69) is 15.0 Å². The zero-order valence-electron chi connectivity index (χ0n) is 9.95. The largest absolute Gasteiger partial charge is 0.469 e. The summed E-state index contributed by atoms with van der Waals surface area (Å²) in [6.07, 6.45) is 2.56. The van der Waals surface area contributed by atoms with Crippen molar-refractivity contribution in [1.82, 2.24) is 10.3 Å². The molecule has 1 aromatic heterocycles. The van der Waals surface area contributed by atoms with E-state index in [-0.39, 0.29) is 11.9 Å². The zero-order valence-corrected chi connectivity index (χ0v) is 9.95. The third kappa shape index (κ3) is 3.66. The van der Waals surface area contributed by atoms with Gasteiger partial charge in [0.15, 0.2) is 0 Å². The maximum atomic E-state index is 11.1. The molecule has 0 spiro atoms. The van der Waals surface area contributed by atoms with Gasteiger partial charge in [0.25, 0.3) is 0 Å². The third-order valence-electron chi connectivity index (χ3n) is 2.28. The van der Waals surface area contributed by atoms with Crippen LogP contribution in [-0.2, 0) is 22.5 Å². The van der Waals surface area contributed by atoms with Crippen LogP contribution in [0.1, 0.15) is 25.5 Å². The standard InChI is InChI=1S/C11H18N2O3/c1-4-9-6-13-10(16-9)7-12-5-8(2)11(14)15-3/h6,8,12H,4-5,7H2,1-3H3. The average Bonchev–Trinajstić information content (AvgIpc) is 2.75. The summed E-state index contributed by atoms with van der Waals surface area (Å²) >= 11 is 0. The Kier molecular flexibility index (Phi) is 4.98. The molecule has 5 heteroatoms. The highest BCUT2D eigenvalue weighted by Crippen LogP contribution is 2.04. The number of carbonyl (C=O) groups excluding carboxylic acids is 1. The van der Waals surface area contributed by atoms with Gasteiger partial charge in [-0.05, 0) is 0 Å². The van der Waals surface area contributed by atoms with Crippen LogP contribution in [0, 0.1) is 5.92 Å². The number of nitrogens with zero attached hydrogens (tertiary/aromatic N) is 1. The highest BCUT2D eigenvalue weighted by atomic mass is 16.5. The molecule has 0 aromatic carbocycles. The Balaban J connectivity index is 2.27. The van der Waals surface area contributed by atoms with Gasteiger partial charge in [0, 0.05) is 13.0 Å². The summed E-state index contributed by atoms with van der Waals surface area (Å²) in [6.45, 7) is 4.90. The van der Waals surface area contributed by atoms with Crippen molar-refractivity contribution >= 4 is 5.97 Å². The summed E-state index contributed by atoms with van der Waals surface area (Å²) in [7, 11) is 1.39. The number of esters is 1. The predicted molar refractivity (Wildman–Crippen MR) is 58.8 cm³/mol. The van der Waals surface area contributed by atoms with Crippen molar-refractivity contribution in [1.29, 1.82) is 0 Å². The summed E-state index contributed by atoms with van der Waals surface area (Å²) in [5, 5.41) is 3.10. The number of aromatic nitrogens is 1. The van der Waals surface area contributed by atoms with Crippen molar-refractivity contribution in [2.75, 3.05) is 13.7 Å². The van der Waals surface area contributed by atoms with Crippen LogP contribution in [-0.4, -0.2) is 24.6 Å². The molecule has 0 aliphatic carbocycles. The van der Waals surface area contributed by atoms with Gasteiger partial charge in [-0.25, -0.2) is 4.98 Å². The molecule has 0 amide bonds. The second kappa shape index (κ2) is 6.27. The van der Waals surface area contributed by atoms with Crippen molar-refractivity contribution in [3.8, 4) is 0 Å². The zero-order chi connectivity index (χ0) is 12.0. The van der Waals surface area contributed by atoms with E-state index in [0.29, 0.717) is 19.0 Å². The van der Waals surface area contributed by atoms with E-state index in [4.69, 9.17) is 4.42 Å². The molecule has 1 aromatic rings. The Morgan fingerprint density at radius 3 is 3.00 bits per heavy atom. The molecule has 1 atom stereocenters. The van der Waals surface area contributed by atoms with Crippen LogP contribution in [0.4, 0.5) is 0 Å². The van der Waals surface area contributed by atoms with Crippen molar-refractivity contribution in [3.63, 3.8) is 0 Å². The molecule has 16 heavy (non-hydrogen) atoms. The molecule has 5 nitrogen and oxygen atoms in total. The van der Waals surface area contributed by atoms with Gasteiger partial charge in [-0.1, -0.05) is 13.8 Å². The second-order valence-corrected chi connectivity index (χ2v) is 3.63. The Morgan fingerprint density at radius 1 is 1.69 bits per heavy atom. The summed E-state index contributed by atoms with van der Waals surface area (Å²) in [5.74, 6) is 1.14. The van der Waals surface area contributed by atoms with E-state index >= 15 is 0 Å². The number of rotatable bonds is 6. The van der Waals surface area contributed by atoms with Gasteiger partial charge < -0.3 is 14.5 Å². The predicted octanol–water partition coefficient (Wildman–Crippen LogP) is 1.14. The summed E-state index contributed by atoms with van der Waals surface area (Å²) in [5.41, 5.74) is 0. The lowest BCUT2D eigenvalue weighted by molar-refractivity contribution is -0.144. The molecule has 1 N–H and O–H groups in total. The first kappa shape index (κ1) is 12.7. The number of hydrogen-bond acceptors (Lipinski definition) is 5. The molecule has 1 unspecified atom stereocenters. The number of nitrogens with one attached hydrogen (secondary N) is 1. The van der Waals surface area contributed by atoms with Gasteiger partial charge in [0.1, 0.15) is 5.76 Å². The van der Waals surface area contributed by atoms with Crippen LogP contribution in [0.3, 0.4) is 0 Å². The van der Waals surface area contributed by atoms with E-state index in [1.807, 2.05) is 13.8 Å². The first-order valence-corrected chi connectivity index (χ1v) is 5.39. The summed E-state index contributed by atoms with van der Waals surface area (Å²) in [6, 6.07) is 0. The van der Waals surface area contributed by atoms with Gasteiger partial charge in [0.2, 0.25) is 5.89 Å². The lowest BCUT2D eigenvalue weighted by Crippen LogP contribution is -2.27. The molecule has 90 valence electrons. The van der Waals surface area contributed by atoms with Gasteiger partial charge in [0.05, 0.1) is 25.8 Å². The van der Waals surface area contributed by atoms with Crippen LogP contribution < -0.4 is 5.32 Å². The maximum absolute atomic E-state index is 11.1. The molecular formula is C11H18N2O3. The third-order valence-corrected chi connectivity index (χ3v) is 2.28. The molecule has 0 aliphatic rings. The van der Waals surface area contributed by atoms with Gasteiger partial charge >= 0.3 is 5.97 Å². The van der Waals surface area contributed by atoms with Gasteiger partial charge in [-0.2, -0.15) is 0 Å². The summed E-state index contributed by atoms with van der Waals surface area (Å²) in [4.78, 5) is 15.2. The van der Waals surface area contributed by atoms with Crippen molar-refractivity contribution in [2.24, 2.45) is 5.92 Å². The average molecular weight is 226 g/mol. The molecule has 1 rings (SSSR count). The minimum Gasteiger partial charge on any atom is -0.469 e. The molecular weight excluding hydrogens is 208 g/mol. The Labute approximate surface area is 95.2 Å². The molecule has 0 saturated carbocycles. The fourth-order valence-electron chi connectivity index (χ4n) is 1.27. The fraction of sp³-hybridized carbons (Fsp3) is 0.636. The highest BCUT2D eigenvalue weighted by molar-refractivity contribution is 5.71. The number of aryl methyl sites for hydroxylation is 1. The number of hydrogen-bond donors (Lipinski definition) is 1. The van der Waals surface area contributed by atoms with Gasteiger partial charge in [-0.15, -0.1) is 0 Å². The van der Waals surface area contributed by atoms with E-state index in [0.717, 1.165) is 12.2 Å². The SMILES string of the molecule is CCc1cnc(CNCC(C)C(=O)OC)o1.